The van der Waals surface area contributed by atoms with Crippen molar-refractivity contribution >= 4 is 52.2 Å². The maximum absolute atomic E-state index is 13.2. The number of pyridine rings is 2. The van der Waals surface area contributed by atoms with E-state index >= 15 is 0 Å². The molecule has 0 aliphatic carbocycles. The van der Waals surface area contributed by atoms with E-state index < -0.39 is 5.91 Å². The highest BCUT2D eigenvalue weighted by atomic mass is 35.5. The zero-order chi connectivity index (χ0) is 25.2. The molecule has 0 radical (unpaired) electrons. The van der Waals surface area contributed by atoms with Gasteiger partial charge in [0.2, 0.25) is 5.91 Å². The fraction of sp³-hybridized carbons (Fsp3) is 0.231. The highest BCUT2D eigenvalue weighted by Gasteiger charge is 2.24. The van der Waals surface area contributed by atoms with Crippen LogP contribution >= 0.6 is 23.2 Å². The molecule has 5 rings (SSSR count). The first kappa shape index (κ1) is 24.1. The monoisotopic (exact) mass is 522 g/mol. The number of carbonyl (C=O) groups excluding carboxylic acids is 2. The van der Waals surface area contributed by atoms with Crippen molar-refractivity contribution in [1.29, 1.82) is 0 Å². The maximum Gasteiger partial charge on any atom is 0.258 e. The lowest BCUT2D eigenvalue weighted by Gasteiger charge is -2.35. The third-order valence-electron chi connectivity index (χ3n) is 6.31. The summed E-state index contributed by atoms with van der Waals surface area (Å²) in [6, 6.07) is 14.3. The van der Waals surface area contributed by atoms with Gasteiger partial charge >= 0.3 is 0 Å². The van der Waals surface area contributed by atoms with Crippen LogP contribution in [0.2, 0.25) is 10.0 Å². The van der Waals surface area contributed by atoms with Gasteiger partial charge in [-0.2, -0.15) is 0 Å². The number of hydrogen-bond donors (Lipinski definition) is 1. The molecule has 1 aliphatic rings. The largest absolute Gasteiger partial charge is 0.353 e. The van der Waals surface area contributed by atoms with Crippen molar-refractivity contribution in [1.82, 2.24) is 19.3 Å². The van der Waals surface area contributed by atoms with Crippen LogP contribution in [0.3, 0.4) is 0 Å². The second-order valence-electron chi connectivity index (χ2n) is 8.54. The van der Waals surface area contributed by atoms with E-state index in [2.05, 4.69) is 20.2 Å². The second kappa shape index (κ2) is 10.2. The second-order valence-corrected chi connectivity index (χ2v) is 9.36. The number of nitrogens with one attached hydrogen (secondary N) is 1. The number of hydrogen-bond acceptors (Lipinski definition) is 5. The van der Waals surface area contributed by atoms with Gasteiger partial charge in [0, 0.05) is 38.6 Å². The summed E-state index contributed by atoms with van der Waals surface area (Å²) < 4.78 is 1.85. The minimum absolute atomic E-state index is 0.0397. The summed E-state index contributed by atoms with van der Waals surface area (Å²) in [4.78, 5) is 39.2. The van der Waals surface area contributed by atoms with Gasteiger partial charge in [-0.25, -0.2) is 9.97 Å². The highest BCUT2D eigenvalue weighted by Crippen LogP contribution is 2.27. The van der Waals surface area contributed by atoms with Gasteiger partial charge in [-0.1, -0.05) is 35.3 Å². The van der Waals surface area contributed by atoms with E-state index in [-0.39, 0.29) is 27.9 Å². The van der Waals surface area contributed by atoms with E-state index in [1.807, 2.05) is 40.6 Å². The van der Waals surface area contributed by atoms with Crippen molar-refractivity contribution in [2.24, 2.45) is 0 Å². The molecule has 1 aliphatic heterocycles. The molecule has 0 bridgehead atoms. The smallest absolute Gasteiger partial charge is 0.258 e. The zero-order valence-corrected chi connectivity index (χ0v) is 21.1. The molecule has 0 atom stereocenters. The molecule has 36 heavy (non-hydrogen) atoms. The van der Waals surface area contributed by atoms with Crippen molar-refractivity contribution in [3.63, 3.8) is 0 Å². The molecule has 184 valence electrons. The summed E-state index contributed by atoms with van der Waals surface area (Å²) in [6.45, 7) is 4.59. The minimum atomic E-state index is -0.428. The Labute approximate surface area is 218 Å². The number of fused-ring (bicyclic) bond motifs is 1. The molecular weight excluding hydrogens is 499 g/mol. The van der Waals surface area contributed by atoms with Gasteiger partial charge < -0.3 is 19.5 Å². The summed E-state index contributed by atoms with van der Waals surface area (Å²) in [5.41, 5.74) is 2.77. The number of carbonyl (C=O) groups is 2. The van der Waals surface area contributed by atoms with E-state index in [1.165, 1.54) is 0 Å². The summed E-state index contributed by atoms with van der Waals surface area (Å²) in [7, 11) is 0. The van der Waals surface area contributed by atoms with E-state index in [0.29, 0.717) is 24.4 Å². The van der Waals surface area contributed by atoms with E-state index in [9.17, 15) is 9.59 Å². The van der Waals surface area contributed by atoms with E-state index in [0.717, 1.165) is 30.3 Å². The Morgan fingerprint density at radius 1 is 0.972 bits per heavy atom. The number of piperazine rings is 1. The number of aryl methyl sites for hydroxylation is 1. The van der Waals surface area contributed by atoms with E-state index in [1.54, 1.807) is 36.5 Å². The number of benzene rings is 1. The van der Waals surface area contributed by atoms with Gasteiger partial charge in [0.05, 0.1) is 39.1 Å². The Balaban J connectivity index is 1.32. The quantitative estimate of drug-likeness (QED) is 0.417. The van der Waals surface area contributed by atoms with Crippen LogP contribution in [0.25, 0.3) is 5.65 Å². The number of amides is 2. The molecule has 10 heteroatoms. The Hall–Kier alpha value is -3.62. The summed E-state index contributed by atoms with van der Waals surface area (Å²) >= 11 is 12.4. The molecule has 0 spiro atoms. The molecule has 1 fully saturated rings. The third kappa shape index (κ3) is 4.74. The molecule has 0 saturated carbocycles. The number of imidazole rings is 1. The van der Waals surface area contributed by atoms with Gasteiger partial charge in [-0.05, 0) is 43.3 Å². The number of anilines is 2. The molecule has 3 aromatic heterocycles. The van der Waals surface area contributed by atoms with Crippen LogP contribution in [0, 0.1) is 6.92 Å². The van der Waals surface area contributed by atoms with E-state index in [4.69, 9.17) is 23.2 Å². The van der Waals surface area contributed by atoms with Gasteiger partial charge in [0.1, 0.15) is 5.82 Å². The van der Waals surface area contributed by atoms with Crippen molar-refractivity contribution < 1.29 is 9.59 Å². The average Bonchev–Trinajstić information content (AvgIpc) is 3.20. The van der Waals surface area contributed by atoms with Crippen molar-refractivity contribution in [2.45, 2.75) is 13.3 Å². The van der Waals surface area contributed by atoms with Crippen molar-refractivity contribution in [2.75, 3.05) is 36.4 Å². The van der Waals surface area contributed by atoms with Gasteiger partial charge in [0.25, 0.3) is 5.91 Å². The molecular formula is C26H24Cl2N6O2. The molecule has 2 amide bonds. The topological polar surface area (TPSA) is 82.8 Å². The van der Waals surface area contributed by atoms with Gasteiger partial charge in [-0.3, -0.25) is 9.59 Å². The van der Waals surface area contributed by atoms with Crippen LogP contribution in [-0.4, -0.2) is 57.3 Å². The average molecular weight is 523 g/mol. The lowest BCUT2D eigenvalue weighted by molar-refractivity contribution is -0.130. The van der Waals surface area contributed by atoms with Gasteiger partial charge in [-0.15, -0.1) is 0 Å². The fourth-order valence-electron chi connectivity index (χ4n) is 4.42. The Bertz CT molecular complexity index is 1410. The molecule has 8 nitrogen and oxygen atoms in total. The first-order valence-corrected chi connectivity index (χ1v) is 12.3. The lowest BCUT2D eigenvalue weighted by Crippen LogP contribution is -2.49. The Morgan fingerprint density at radius 3 is 2.42 bits per heavy atom. The van der Waals surface area contributed by atoms with Gasteiger partial charge in [0.15, 0.2) is 5.65 Å². The standard InChI is InChI=1S/C26H24Cl2N6O2/c1-17-21(16-23(35)33-14-12-32(13-15-33)22-9-2-3-10-29-22)34-11-5-8-20(25(34)30-17)31-26(36)24-18(27)6-4-7-19(24)28/h2-11H,12-16H2,1H3,(H,31,36). The first-order valence-electron chi connectivity index (χ1n) is 11.6. The number of rotatable bonds is 5. The first-order chi connectivity index (χ1) is 17.4. The predicted octanol–water partition coefficient (Wildman–Crippen LogP) is 4.49. The van der Waals surface area contributed by atoms with Crippen molar-refractivity contribution in [3.8, 4) is 0 Å². The van der Waals surface area contributed by atoms with Crippen LogP contribution in [-0.2, 0) is 11.2 Å². The van der Waals surface area contributed by atoms with Crippen LogP contribution in [0.5, 0.6) is 0 Å². The number of aromatic nitrogens is 3. The minimum Gasteiger partial charge on any atom is -0.353 e. The zero-order valence-electron chi connectivity index (χ0n) is 19.6. The molecule has 4 heterocycles. The van der Waals surface area contributed by atoms with Crippen LogP contribution < -0.4 is 10.2 Å². The molecule has 0 unspecified atom stereocenters. The van der Waals surface area contributed by atoms with Crippen molar-refractivity contribution in [3.05, 3.63) is 87.9 Å². The SMILES string of the molecule is Cc1nc2c(NC(=O)c3c(Cl)cccc3Cl)cccn2c1CC(=O)N1CCN(c2ccccn2)CC1. The number of halogens is 2. The lowest BCUT2D eigenvalue weighted by atomic mass is 10.2. The number of nitrogens with zero attached hydrogens (tertiary/aromatic N) is 5. The third-order valence-corrected chi connectivity index (χ3v) is 6.94. The maximum atomic E-state index is 13.2. The Morgan fingerprint density at radius 2 is 1.72 bits per heavy atom. The molecule has 4 aromatic rings. The highest BCUT2D eigenvalue weighted by molar-refractivity contribution is 6.40. The molecule has 1 aromatic carbocycles. The molecule has 1 N–H and O–H groups in total. The Kier molecular flexibility index (Phi) is 6.80. The summed E-state index contributed by atoms with van der Waals surface area (Å²) in [5, 5.41) is 3.39. The predicted molar refractivity (Wildman–Crippen MR) is 141 cm³/mol. The molecule has 1 saturated heterocycles. The fourth-order valence-corrected chi connectivity index (χ4v) is 4.99. The summed E-state index contributed by atoms with van der Waals surface area (Å²) in [6.07, 6.45) is 3.83. The van der Waals surface area contributed by atoms with Crippen LogP contribution in [0.15, 0.2) is 60.9 Å². The van der Waals surface area contributed by atoms with Crippen LogP contribution in [0.4, 0.5) is 11.5 Å². The summed E-state index contributed by atoms with van der Waals surface area (Å²) in [5.74, 6) is 0.537. The van der Waals surface area contributed by atoms with Crippen LogP contribution in [0.1, 0.15) is 21.7 Å². The normalized spacial score (nSPS) is 13.8.